The van der Waals surface area contributed by atoms with Gasteiger partial charge in [-0.3, -0.25) is 0 Å². The van der Waals surface area contributed by atoms with Gasteiger partial charge in [0.15, 0.2) is 0 Å². The van der Waals surface area contributed by atoms with Crippen LogP contribution in [0, 0.1) is 0 Å². The van der Waals surface area contributed by atoms with Crippen LogP contribution in [0.15, 0.2) is 0 Å². The molecule has 1 aromatic rings. The van der Waals surface area contributed by atoms with Crippen molar-refractivity contribution in [1.82, 2.24) is 15.0 Å². The maximum Gasteiger partial charge on any atom is 0.329 e. The number of nitrogens with zero attached hydrogens (tertiary/aromatic N) is 4. The lowest BCUT2D eigenvalue weighted by molar-refractivity contribution is -0.150. The number of carboxylic acids is 1. The lowest BCUT2D eigenvalue weighted by atomic mass is 9.97. The molecule has 0 amide bonds. The molecule has 1 N–H and O–H groups in total. The van der Waals surface area contributed by atoms with Gasteiger partial charge in [-0.15, -0.1) is 0 Å². The first kappa shape index (κ1) is 13.8. The van der Waals surface area contributed by atoms with Crippen molar-refractivity contribution in [3.8, 4) is 6.01 Å². The fraction of sp³-hybridized carbons (Fsp3) is 0.600. The van der Waals surface area contributed by atoms with E-state index in [1.165, 1.54) is 7.11 Å². The van der Waals surface area contributed by atoms with Crippen LogP contribution in [0.25, 0.3) is 0 Å². The largest absolute Gasteiger partial charge is 0.480 e. The molecule has 1 fully saturated rings. The molecule has 1 aliphatic heterocycles. The average molecular weight is 289 g/mol. The van der Waals surface area contributed by atoms with Crippen LogP contribution in [0.1, 0.15) is 6.92 Å². The van der Waals surface area contributed by atoms with E-state index in [9.17, 15) is 4.79 Å². The molecule has 0 radical (unpaired) electrons. The van der Waals surface area contributed by atoms with Crippen molar-refractivity contribution < 1.29 is 19.4 Å². The highest BCUT2D eigenvalue weighted by Crippen LogP contribution is 2.29. The normalized spacial score (nSPS) is 16.9. The molecule has 2 rings (SSSR count). The van der Waals surface area contributed by atoms with Gasteiger partial charge in [0.1, 0.15) is 12.2 Å². The summed E-state index contributed by atoms with van der Waals surface area (Å²) in [6.07, 6.45) is 0. The van der Waals surface area contributed by atoms with Gasteiger partial charge in [0, 0.05) is 0 Å². The number of halogens is 1. The van der Waals surface area contributed by atoms with Crippen molar-refractivity contribution in [3.63, 3.8) is 0 Å². The number of hydrogen-bond acceptors (Lipinski definition) is 7. The van der Waals surface area contributed by atoms with Crippen LogP contribution < -0.4 is 9.64 Å². The number of carboxylic acid groups (broad SMARTS) is 1. The van der Waals surface area contributed by atoms with E-state index >= 15 is 0 Å². The molecule has 2 heterocycles. The molecule has 1 saturated heterocycles. The van der Waals surface area contributed by atoms with E-state index in [4.69, 9.17) is 26.2 Å². The predicted octanol–water partition coefficient (Wildman–Crippen LogP) is 0.213. The second-order valence-corrected chi connectivity index (χ2v) is 4.72. The molecule has 0 saturated carbocycles. The van der Waals surface area contributed by atoms with Crippen LogP contribution in [-0.2, 0) is 9.53 Å². The van der Waals surface area contributed by atoms with Gasteiger partial charge in [0.05, 0.1) is 20.2 Å². The Kier molecular flexibility index (Phi) is 3.72. The first-order valence-corrected chi connectivity index (χ1v) is 5.86. The third-order valence-corrected chi connectivity index (χ3v) is 2.81. The zero-order valence-corrected chi connectivity index (χ0v) is 11.2. The fourth-order valence-electron chi connectivity index (χ4n) is 1.78. The van der Waals surface area contributed by atoms with Gasteiger partial charge >= 0.3 is 12.0 Å². The van der Waals surface area contributed by atoms with E-state index in [0.717, 1.165) is 0 Å². The minimum atomic E-state index is -0.996. The summed E-state index contributed by atoms with van der Waals surface area (Å²) in [6.45, 7) is 2.45. The van der Waals surface area contributed by atoms with Crippen molar-refractivity contribution >= 4 is 23.5 Å². The lowest BCUT2D eigenvalue weighted by Gasteiger charge is -2.47. The molecule has 1 aliphatic rings. The third-order valence-electron chi connectivity index (χ3n) is 2.64. The first-order valence-electron chi connectivity index (χ1n) is 5.48. The maximum absolute atomic E-state index is 10.5. The predicted molar refractivity (Wildman–Crippen MR) is 65.6 cm³/mol. The summed E-state index contributed by atoms with van der Waals surface area (Å²) >= 11 is 5.75. The zero-order chi connectivity index (χ0) is 14.0. The Balaban J connectivity index is 1.99. The summed E-state index contributed by atoms with van der Waals surface area (Å²) in [5.41, 5.74) is -0.523. The summed E-state index contributed by atoms with van der Waals surface area (Å²) in [5.74, 6) is -0.613. The molecule has 19 heavy (non-hydrogen) atoms. The SMILES string of the molecule is COc1nc(Cl)nc(N2CC(C)(OCC(=O)O)C2)n1. The lowest BCUT2D eigenvalue weighted by Crippen LogP contribution is -2.62. The molecule has 104 valence electrons. The number of aliphatic carboxylic acids is 1. The molecule has 0 bridgehead atoms. The molecule has 0 unspecified atom stereocenters. The second-order valence-electron chi connectivity index (χ2n) is 4.38. The van der Waals surface area contributed by atoms with Crippen LogP contribution in [0.4, 0.5) is 5.95 Å². The Morgan fingerprint density at radius 1 is 1.47 bits per heavy atom. The minimum absolute atomic E-state index is 0.0434. The van der Waals surface area contributed by atoms with Gasteiger partial charge in [-0.1, -0.05) is 0 Å². The molecule has 0 spiro atoms. The van der Waals surface area contributed by atoms with Crippen LogP contribution in [-0.4, -0.2) is 58.4 Å². The van der Waals surface area contributed by atoms with Gasteiger partial charge in [-0.2, -0.15) is 15.0 Å². The number of hydrogen-bond donors (Lipinski definition) is 1. The van der Waals surface area contributed by atoms with Crippen molar-refractivity contribution in [3.05, 3.63) is 5.28 Å². The van der Waals surface area contributed by atoms with Crippen LogP contribution in [0.5, 0.6) is 6.01 Å². The molecule has 9 heteroatoms. The van der Waals surface area contributed by atoms with Crippen molar-refractivity contribution in [1.29, 1.82) is 0 Å². The van der Waals surface area contributed by atoms with E-state index < -0.39 is 11.6 Å². The van der Waals surface area contributed by atoms with Gasteiger partial charge in [0.25, 0.3) is 0 Å². The second kappa shape index (κ2) is 5.14. The number of aromatic nitrogens is 3. The summed E-state index contributed by atoms with van der Waals surface area (Å²) in [6, 6.07) is 0.134. The monoisotopic (exact) mass is 288 g/mol. The Labute approximate surface area is 114 Å². The molecule has 0 aliphatic carbocycles. The van der Waals surface area contributed by atoms with Crippen molar-refractivity contribution in [2.45, 2.75) is 12.5 Å². The van der Waals surface area contributed by atoms with Crippen LogP contribution >= 0.6 is 11.6 Å². The Morgan fingerprint density at radius 2 is 2.16 bits per heavy atom. The number of ether oxygens (including phenoxy) is 2. The number of anilines is 1. The van der Waals surface area contributed by atoms with Gasteiger partial charge in [-0.05, 0) is 18.5 Å². The number of rotatable bonds is 5. The van der Waals surface area contributed by atoms with Gasteiger partial charge < -0.3 is 19.5 Å². The van der Waals surface area contributed by atoms with E-state index in [0.29, 0.717) is 19.0 Å². The maximum atomic E-state index is 10.5. The third kappa shape index (κ3) is 3.21. The zero-order valence-electron chi connectivity index (χ0n) is 10.5. The highest BCUT2D eigenvalue weighted by Gasteiger charge is 2.42. The Morgan fingerprint density at radius 3 is 2.74 bits per heavy atom. The summed E-state index contributed by atoms with van der Waals surface area (Å²) in [4.78, 5) is 24.1. The van der Waals surface area contributed by atoms with Crippen LogP contribution in [0.2, 0.25) is 5.28 Å². The van der Waals surface area contributed by atoms with Crippen molar-refractivity contribution in [2.24, 2.45) is 0 Å². The summed E-state index contributed by atoms with van der Waals surface area (Å²) in [7, 11) is 1.44. The summed E-state index contributed by atoms with van der Waals surface area (Å²) < 4.78 is 10.2. The van der Waals surface area contributed by atoms with E-state index in [-0.39, 0.29) is 17.9 Å². The fourth-order valence-corrected chi connectivity index (χ4v) is 1.93. The molecular formula is C10H13ClN4O4. The van der Waals surface area contributed by atoms with E-state index in [1.54, 1.807) is 4.90 Å². The topological polar surface area (TPSA) is 97.7 Å². The van der Waals surface area contributed by atoms with Crippen molar-refractivity contribution in [2.75, 3.05) is 31.7 Å². The smallest absolute Gasteiger partial charge is 0.329 e. The van der Waals surface area contributed by atoms with Crippen LogP contribution in [0.3, 0.4) is 0 Å². The van der Waals surface area contributed by atoms with E-state index in [2.05, 4.69) is 15.0 Å². The Hall–Kier alpha value is -1.67. The highest BCUT2D eigenvalue weighted by atomic mass is 35.5. The highest BCUT2D eigenvalue weighted by molar-refractivity contribution is 6.28. The van der Waals surface area contributed by atoms with Gasteiger partial charge in [-0.25, -0.2) is 4.79 Å². The molecule has 0 atom stereocenters. The minimum Gasteiger partial charge on any atom is -0.480 e. The number of methoxy groups -OCH3 is 1. The van der Waals surface area contributed by atoms with E-state index in [1.807, 2.05) is 6.92 Å². The molecule has 8 nitrogen and oxygen atoms in total. The quantitative estimate of drug-likeness (QED) is 0.821. The van der Waals surface area contributed by atoms with Gasteiger partial charge in [0.2, 0.25) is 11.2 Å². The molecule has 0 aromatic carbocycles. The molecule has 1 aromatic heterocycles. The Bertz CT molecular complexity index is 492. The summed E-state index contributed by atoms with van der Waals surface area (Å²) in [5, 5.41) is 8.62. The first-order chi connectivity index (χ1) is 8.92. The molecular weight excluding hydrogens is 276 g/mol. The number of carbonyl (C=O) groups is 1. The average Bonchev–Trinajstić information content (AvgIpc) is 2.32. The standard InChI is InChI=1S/C10H13ClN4O4/c1-10(19-3-6(16)17)4-15(5-10)8-12-7(11)13-9(14-8)18-2/h3-5H2,1-2H3,(H,16,17).